The van der Waals surface area contributed by atoms with E-state index in [-0.39, 0.29) is 5.78 Å². The van der Waals surface area contributed by atoms with E-state index < -0.39 is 0 Å². The molecule has 0 saturated carbocycles. The molecular formula is C15H22O. The lowest BCUT2D eigenvalue weighted by molar-refractivity contribution is -0.113. The van der Waals surface area contributed by atoms with E-state index in [1.807, 2.05) is 0 Å². The molecule has 0 bridgehead atoms. The van der Waals surface area contributed by atoms with Crippen LogP contribution in [0.5, 0.6) is 0 Å². The van der Waals surface area contributed by atoms with Crippen molar-refractivity contribution in [2.75, 3.05) is 0 Å². The van der Waals surface area contributed by atoms with Crippen molar-refractivity contribution in [3.8, 4) is 0 Å². The fourth-order valence-corrected chi connectivity index (χ4v) is 3.13. The quantitative estimate of drug-likeness (QED) is 0.683. The Labute approximate surface area is 98.6 Å². The molecule has 0 saturated heterocycles. The Balaban J connectivity index is 2.46. The van der Waals surface area contributed by atoms with Gasteiger partial charge in [0.2, 0.25) is 0 Å². The van der Waals surface area contributed by atoms with Crippen molar-refractivity contribution in [2.24, 2.45) is 11.3 Å². The summed E-state index contributed by atoms with van der Waals surface area (Å²) in [6, 6.07) is 0. The van der Waals surface area contributed by atoms with Gasteiger partial charge in [-0.25, -0.2) is 0 Å². The maximum atomic E-state index is 11.5. The van der Waals surface area contributed by atoms with Crippen molar-refractivity contribution in [1.29, 1.82) is 0 Å². The van der Waals surface area contributed by atoms with Crippen molar-refractivity contribution >= 4 is 5.78 Å². The minimum absolute atomic E-state index is 0.254. The first kappa shape index (κ1) is 11.6. The van der Waals surface area contributed by atoms with Crippen molar-refractivity contribution < 1.29 is 4.79 Å². The number of carbonyl (C=O) groups is 1. The Kier molecular flexibility index (Phi) is 2.81. The summed E-state index contributed by atoms with van der Waals surface area (Å²) >= 11 is 0. The molecule has 2 aliphatic rings. The molecule has 0 amide bonds. The molecule has 0 spiro atoms. The largest absolute Gasteiger partial charge is 0.295 e. The van der Waals surface area contributed by atoms with Gasteiger partial charge >= 0.3 is 0 Å². The summed E-state index contributed by atoms with van der Waals surface area (Å²) in [6.07, 6.45) is 6.83. The molecule has 0 radical (unpaired) electrons. The third-order valence-electron chi connectivity index (χ3n) is 4.36. The number of carbonyl (C=O) groups excluding carboxylic acids is 1. The molecule has 0 aromatic heterocycles. The van der Waals surface area contributed by atoms with Crippen LogP contribution in [0, 0.1) is 11.3 Å². The zero-order chi connectivity index (χ0) is 11.9. The highest BCUT2D eigenvalue weighted by Gasteiger charge is 2.38. The molecule has 16 heavy (non-hydrogen) atoms. The van der Waals surface area contributed by atoms with Gasteiger partial charge in [-0.3, -0.25) is 4.79 Å². The Morgan fingerprint density at radius 3 is 2.50 bits per heavy atom. The fourth-order valence-electron chi connectivity index (χ4n) is 3.13. The first-order chi connectivity index (χ1) is 7.44. The zero-order valence-corrected chi connectivity index (χ0v) is 10.9. The summed E-state index contributed by atoms with van der Waals surface area (Å²) in [5, 5.41) is 0. The van der Waals surface area contributed by atoms with Crippen LogP contribution in [0.15, 0.2) is 22.8 Å². The van der Waals surface area contributed by atoms with Crippen LogP contribution in [-0.4, -0.2) is 5.78 Å². The normalized spacial score (nSPS) is 29.4. The van der Waals surface area contributed by atoms with Crippen molar-refractivity contribution in [3.05, 3.63) is 22.8 Å². The Morgan fingerprint density at radius 2 is 1.94 bits per heavy atom. The van der Waals surface area contributed by atoms with Crippen LogP contribution < -0.4 is 0 Å². The highest BCUT2D eigenvalue weighted by atomic mass is 16.1. The molecule has 0 fully saturated rings. The van der Waals surface area contributed by atoms with Gasteiger partial charge in [0.05, 0.1) is 0 Å². The topological polar surface area (TPSA) is 17.1 Å². The zero-order valence-electron chi connectivity index (χ0n) is 10.9. The second kappa shape index (κ2) is 3.87. The number of rotatable bonds is 2. The van der Waals surface area contributed by atoms with Gasteiger partial charge in [-0.15, -0.1) is 0 Å². The average Bonchev–Trinajstić information content (AvgIpc) is 2.53. The molecule has 0 heterocycles. The third kappa shape index (κ3) is 1.77. The highest BCUT2D eigenvalue weighted by Crippen LogP contribution is 2.51. The number of fused-ring (bicyclic) bond motifs is 1. The first-order valence-corrected chi connectivity index (χ1v) is 6.39. The summed E-state index contributed by atoms with van der Waals surface area (Å²) in [4.78, 5) is 11.5. The number of allylic oxidation sites excluding steroid dienone is 4. The molecule has 2 rings (SSSR count). The van der Waals surface area contributed by atoms with Crippen LogP contribution in [0.1, 0.15) is 53.4 Å². The summed E-state index contributed by atoms with van der Waals surface area (Å²) in [5.74, 6) is 0.879. The van der Waals surface area contributed by atoms with E-state index in [1.54, 1.807) is 12.5 Å². The lowest BCUT2D eigenvalue weighted by Gasteiger charge is -2.31. The standard InChI is InChI=1S/C15H22O/c1-10(2)13-6-8-15(4)7-5-12(11(3)16)9-14(13)15/h9-10H,5-8H2,1-4H3. The van der Waals surface area contributed by atoms with E-state index in [9.17, 15) is 4.79 Å². The van der Waals surface area contributed by atoms with E-state index in [0.29, 0.717) is 11.3 Å². The van der Waals surface area contributed by atoms with E-state index in [2.05, 4.69) is 26.8 Å². The summed E-state index contributed by atoms with van der Waals surface area (Å²) in [6.45, 7) is 8.60. The van der Waals surface area contributed by atoms with Crippen LogP contribution in [-0.2, 0) is 4.79 Å². The van der Waals surface area contributed by atoms with Gasteiger partial charge in [-0.05, 0) is 55.1 Å². The summed E-state index contributed by atoms with van der Waals surface area (Å²) < 4.78 is 0. The Bertz CT molecular complexity index is 384. The Morgan fingerprint density at radius 1 is 1.31 bits per heavy atom. The van der Waals surface area contributed by atoms with Crippen molar-refractivity contribution in [2.45, 2.75) is 53.4 Å². The van der Waals surface area contributed by atoms with Gasteiger partial charge in [-0.1, -0.05) is 32.4 Å². The SMILES string of the molecule is CC(=O)C1=CC2=C(C(C)C)CCC2(C)CC1. The molecule has 1 heteroatoms. The molecule has 1 atom stereocenters. The summed E-state index contributed by atoms with van der Waals surface area (Å²) in [5.41, 5.74) is 4.46. The molecule has 0 aromatic carbocycles. The van der Waals surface area contributed by atoms with Gasteiger partial charge in [-0.2, -0.15) is 0 Å². The second-order valence-corrected chi connectivity index (χ2v) is 5.88. The Hall–Kier alpha value is -0.850. The minimum atomic E-state index is 0.254. The van der Waals surface area contributed by atoms with Gasteiger partial charge in [0, 0.05) is 0 Å². The minimum Gasteiger partial charge on any atom is -0.295 e. The highest BCUT2D eigenvalue weighted by molar-refractivity contribution is 5.94. The molecule has 2 aliphatic carbocycles. The number of hydrogen-bond donors (Lipinski definition) is 0. The van der Waals surface area contributed by atoms with Gasteiger partial charge in [0.1, 0.15) is 0 Å². The predicted octanol–water partition coefficient (Wildman–Crippen LogP) is 4.05. The third-order valence-corrected chi connectivity index (χ3v) is 4.36. The molecule has 88 valence electrons. The fraction of sp³-hybridized carbons (Fsp3) is 0.667. The maximum absolute atomic E-state index is 11.5. The lowest BCUT2D eigenvalue weighted by atomic mass is 9.72. The lowest BCUT2D eigenvalue weighted by Crippen LogP contribution is -2.20. The van der Waals surface area contributed by atoms with E-state index >= 15 is 0 Å². The van der Waals surface area contributed by atoms with Crippen LogP contribution in [0.4, 0.5) is 0 Å². The van der Waals surface area contributed by atoms with Crippen LogP contribution in [0.3, 0.4) is 0 Å². The van der Waals surface area contributed by atoms with Gasteiger partial charge < -0.3 is 0 Å². The number of hydrogen-bond acceptors (Lipinski definition) is 1. The number of ketones is 1. The maximum Gasteiger partial charge on any atom is 0.155 e. The van der Waals surface area contributed by atoms with Gasteiger partial charge in [0.25, 0.3) is 0 Å². The van der Waals surface area contributed by atoms with Crippen molar-refractivity contribution in [1.82, 2.24) is 0 Å². The average molecular weight is 218 g/mol. The van der Waals surface area contributed by atoms with Crippen LogP contribution in [0.25, 0.3) is 0 Å². The summed E-state index contributed by atoms with van der Waals surface area (Å²) in [7, 11) is 0. The smallest absolute Gasteiger partial charge is 0.155 e. The van der Waals surface area contributed by atoms with Crippen LogP contribution in [0.2, 0.25) is 0 Å². The monoisotopic (exact) mass is 218 g/mol. The second-order valence-electron chi connectivity index (χ2n) is 5.88. The van der Waals surface area contributed by atoms with Gasteiger partial charge in [0.15, 0.2) is 5.78 Å². The van der Waals surface area contributed by atoms with E-state index in [0.717, 1.165) is 18.4 Å². The molecule has 0 N–H and O–H groups in total. The van der Waals surface area contributed by atoms with E-state index in [1.165, 1.54) is 18.4 Å². The predicted molar refractivity (Wildman–Crippen MR) is 67.2 cm³/mol. The van der Waals surface area contributed by atoms with Crippen molar-refractivity contribution in [3.63, 3.8) is 0 Å². The molecular weight excluding hydrogens is 196 g/mol. The molecule has 1 nitrogen and oxygen atoms in total. The molecule has 0 aliphatic heterocycles. The molecule has 0 aromatic rings. The molecule has 1 unspecified atom stereocenters. The van der Waals surface area contributed by atoms with E-state index in [4.69, 9.17) is 0 Å². The first-order valence-electron chi connectivity index (χ1n) is 6.39. The number of Topliss-reactive ketones (excluding diaryl/α,β-unsaturated/α-hetero) is 1. The van der Waals surface area contributed by atoms with Crippen LogP contribution >= 0.6 is 0 Å².